The van der Waals surface area contributed by atoms with Crippen LogP contribution < -0.4 is 10.1 Å². The smallest absolute Gasteiger partial charge is 0.256 e. The Labute approximate surface area is 131 Å². The molecule has 1 fully saturated rings. The number of anilines is 1. The van der Waals surface area contributed by atoms with Gasteiger partial charge in [-0.2, -0.15) is 5.26 Å². The standard InChI is InChI=1S/C17H22N2O3/c1-4-9-22-15-8-7-14(10-12(15)11-18)19-16(20)17(2,21-3)13-5-6-13/h7-8,10,13H,4-6,9H2,1-3H3,(H,19,20)/t17-/m1/s1. The first-order chi connectivity index (χ1) is 10.5. The fraction of sp³-hybridized carbons (Fsp3) is 0.529. The fourth-order valence-corrected chi connectivity index (χ4v) is 2.37. The molecule has 0 spiro atoms. The summed E-state index contributed by atoms with van der Waals surface area (Å²) in [6.45, 7) is 4.37. The van der Waals surface area contributed by atoms with E-state index in [2.05, 4.69) is 11.4 Å². The van der Waals surface area contributed by atoms with Gasteiger partial charge < -0.3 is 14.8 Å². The Balaban J connectivity index is 2.13. The molecule has 1 N–H and O–H groups in total. The van der Waals surface area contributed by atoms with E-state index in [4.69, 9.17) is 9.47 Å². The highest BCUT2D eigenvalue weighted by molar-refractivity contribution is 5.97. The third-order valence-electron chi connectivity index (χ3n) is 4.05. The maximum atomic E-state index is 12.5. The van der Waals surface area contributed by atoms with E-state index < -0.39 is 5.60 Å². The molecule has 118 valence electrons. The largest absolute Gasteiger partial charge is 0.492 e. The van der Waals surface area contributed by atoms with Crippen LogP contribution in [-0.4, -0.2) is 25.2 Å². The van der Waals surface area contributed by atoms with Gasteiger partial charge in [-0.1, -0.05) is 6.92 Å². The van der Waals surface area contributed by atoms with Gasteiger partial charge in [0.05, 0.1) is 12.2 Å². The van der Waals surface area contributed by atoms with Crippen molar-refractivity contribution in [3.8, 4) is 11.8 Å². The Hall–Kier alpha value is -2.06. The van der Waals surface area contributed by atoms with Crippen LogP contribution in [0.15, 0.2) is 18.2 Å². The lowest BCUT2D eigenvalue weighted by atomic mass is 9.99. The van der Waals surface area contributed by atoms with Crippen molar-refractivity contribution in [2.24, 2.45) is 5.92 Å². The maximum absolute atomic E-state index is 12.5. The molecule has 0 heterocycles. The molecule has 2 rings (SSSR count). The number of methoxy groups -OCH3 is 1. The van der Waals surface area contributed by atoms with Gasteiger partial charge in [0.25, 0.3) is 5.91 Å². The van der Waals surface area contributed by atoms with Crippen LogP contribution in [0.25, 0.3) is 0 Å². The Morgan fingerprint density at radius 1 is 1.50 bits per heavy atom. The Morgan fingerprint density at radius 2 is 2.23 bits per heavy atom. The second-order valence-electron chi connectivity index (χ2n) is 5.71. The first-order valence-electron chi connectivity index (χ1n) is 7.58. The summed E-state index contributed by atoms with van der Waals surface area (Å²) in [6, 6.07) is 7.19. The van der Waals surface area contributed by atoms with Crippen molar-refractivity contribution in [3.63, 3.8) is 0 Å². The monoisotopic (exact) mass is 302 g/mol. The summed E-state index contributed by atoms with van der Waals surface area (Å²) < 4.78 is 10.9. The summed E-state index contributed by atoms with van der Waals surface area (Å²) in [5, 5.41) is 12.1. The maximum Gasteiger partial charge on any atom is 0.256 e. The number of carbonyl (C=O) groups is 1. The molecular weight excluding hydrogens is 280 g/mol. The second-order valence-corrected chi connectivity index (χ2v) is 5.71. The van der Waals surface area contributed by atoms with Crippen LogP contribution >= 0.6 is 0 Å². The highest BCUT2D eigenvalue weighted by Crippen LogP contribution is 2.42. The third-order valence-corrected chi connectivity index (χ3v) is 4.05. The number of amides is 1. The van der Waals surface area contributed by atoms with Gasteiger partial charge in [-0.25, -0.2) is 0 Å². The molecular formula is C17H22N2O3. The molecule has 0 aromatic heterocycles. The summed E-state index contributed by atoms with van der Waals surface area (Å²) in [4.78, 5) is 12.5. The van der Waals surface area contributed by atoms with Gasteiger partial charge in [0.2, 0.25) is 0 Å². The number of nitrogens with one attached hydrogen (secondary N) is 1. The number of ether oxygens (including phenoxy) is 2. The summed E-state index contributed by atoms with van der Waals surface area (Å²) in [5.41, 5.74) is 0.176. The average molecular weight is 302 g/mol. The zero-order chi connectivity index (χ0) is 16.2. The zero-order valence-electron chi connectivity index (χ0n) is 13.3. The summed E-state index contributed by atoms with van der Waals surface area (Å²) in [7, 11) is 1.56. The van der Waals surface area contributed by atoms with Gasteiger partial charge in [-0.05, 0) is 50.3 Å². The van der Waals surface area contributed by atoms with E-state index in [1.807, 2.05) is 13.8 Å². The van der Waals surface area contributed by atoms with Crippen LogP contribution in [0.1, 0.15) is 38.7 Å². The Bertz CT molecular complexity index is 590. The average Bonchev–Trinajstić information content (AvgIpc) is 3.37. The van der Waals surface area contributed by atoms with E-state index in [9.17, 15) is 10.1 Å². The van der Waals surface area contributed by atoms with Gasteiger partial charge in [0.1, 0.15) is 17.4 Å². The Kier molecular flexibility index (Phi) is 5.04. The highest BCUT2D eigenvalue weighted by Gasteiger charge is 2.47. The molecule has 5 heteroatoms. The lowest BCUT2D eigenvalue weighted by Gasteiger charge is -2.26. The van der Waals surface area contributed by atoms with Crippen molar-refractivity contribution in [1.82, 2.24) is 0 Å². The van der Waals surface area contributed by atoms with Crippen LogP contribution in [0.3, 0.4) is 0 Å². The van der Waals surface area contributed by atoms with Crippen LogP contribution in [0.4, 0.5) is 5.69 Å². The quantitative estimate of drug-likeness (QED) is 0.840. The molecule has 0 radical (unpaired) electrons. The molecule has 1 aromatic carbocycles. The first-order valence-corrected chi connectivity index (χ1v) is 7.58. The van der Waals surface area contributed by atoms with Crippen molar-refractivity contribution in [2.45, 2.75) is 38.7 Å². The summed E-state index contributed by atoms with van der Waals surface area (Å²) in [5.74, 6) is 0.628. The van der Waals surface area contributed by atoms with E-state index in [1.54, 1.807) is 25.3 Å². The fourth-order valence-electron chi connectivity index (χ4n) is 2.37. The molecule has 1 aliphatic rings. The zero-order valence-corrected chi connectivity index (χ0v) is 13.3. The highest BCUT2D eigenvalue weighted by atomic mass is 16.5. The molecule has 1 saturated carbocycles. The van der Waals surface area contributed by atoms with Crippen molar-refractivity contribution < 1.29 is 14.3 Å². The number of nitriles is 1. The van der Waals surface area contributed by atoms with E-state index in [0.29, 0.717) is 23.6 Å². The number of hydrogen-bond acceptors (Lipinski definition) is 4. The van der Waals surface area contributed by atoms with E-state index in [0.717, 1.165) is 19.3 Å². The van der Waals surface area contributed by atoms with E-state index >= 15 is 0 Å². The van der Waals surface area contributed by atoms with Gasteiger partial charge in [0.15, 0.2) is 0 Å². The van der Waals surface area contributed by atoms with Crippen molar-refractivity contribution in [3.05, 3.63) is 23.8 Å². The third kappa shape index (κ3) is 3.40. The van der Waals surface area contributed by atoms with Gasteiger partial charge in [-0.3, -0.25) is 4.79 Å². The molecule has 1 amide bonds. The van der Waals surface area contributed by atoms with Crippen LogP contribution in [-0.2, 0) is 9.53 Å². The Morgan fingerprint density at radius 3 is 2.77 bits per heavy atom. The summed E-state index contributed by atoms with van der Waals surface area (Å²) in [6.07, 6.45) is 2.88. The molecule has 0 saturated heterocycles. The molecule has 1 aromatic rings. The van der Waals surface area contributed by atoms with E-state index in [-0.39, 0.29) is 11.8 Å². The second kappa shape index (κ2) is 6.80. The molecule has 0 bridgehead atoms. The molecule has 1 aliphatic carbocycles. The number of hydrogen-bond donors (Lipinski definition) is 1. The van der Waals surface area contributed by atoms with Gasteiger partial charge >= 0.3 is 0 Å². The lowest BCUT2D eigenvalue weighted by Crippen LogP contribution is -2.44. The number of carbonyl (C=O) groups excluding carboxylic acids is 1. The predicted molar refractivity (Wildman–Crippen MR) is 83.7 cm³/mol. The summed E-state index contributed by atoms with van der Waals surface area (Å²) >= 11 is 0. The number of benzene rings is 1. The molecule has 22 heavy (non-hydrogen) atoms. The van der Waals surface area contributed by atoms with Crippen molar-refractivity contribution >= 4 is 11.6 Å². The van der Waals surface area contributed by atoms with Gasteiger partial charge in [-0.15, -0.1) is 0 Å². The minimum Gasteiger partial charge on any atom is -0.492 e. The van der Waals surface area contributed by atoms with E-state index in [1.165, 1.54) is 0 Å². The number of nitrogens with zero attached hydrogens (tertiary/aromatic N) is 1. The topological polar surface area (TPSA) is 71.3 Å². The SMILES string of the molecule is CCCOc1ccc(NC(=O)[C@](C)(OC)C2CC2)cc1C#N. The van der Waals surface area contributed by atoms with Crippen LogP contribution in [0.2, 0.25) is 0 Å². The van der Waals surface area contributed by atoms with Crippen LogP contribution in [0, 0.1) is 17.2 Å². The molecule has 0 aliphatic heterocycles. The number of rotatable bonds is 7. The lowest BCUT2D eigenvalue weighted by molar-refractivity contribution is -0.138. The van der Waals surface area contributed by atoms with Crippen molar-refractivity contribution in [2.75, 3.05) is 19.0 Å². The van der Waals surface area contributed by atoms with Crippen molar-refractivity contribution in [1.29, 1.82) is 5.26 Å². The van der Waals surface area contributed by atoms with Gasteiger partial charge in [0, 0.05) is 12.8 Å². The molecule has 0 unspecified atom stereocenters. The van der Waals surface area contributed by atoms with Crippen LogP contribution in [0.5, 0.6) is 5.75 Å². The minimum atomic E-state index is -0.815. The normalized spacial score (nSPS) is 16.5. The predicted octanol–water partition coefficient (Wildman–Crippen LogP) is 3.10. The minimum absolute atomic E-state index is 0.177. The first kappa shape index (κ1) is 16.3. The molecule has 5 nitrogen and oxygen atoms in total. The molecule has 1 atom stereocenters.